The maximum atomic E-state index is 12.8. The second-order valence-electron chi connectivity index (χ2n) is 5.39. The van der Waals surface area contributed by atoms with Gasteiger partial charge in [0.25, 0.3) is 0 Å². The van der Waals surface area contributed by atoms with Crippen LogP contribution in [0.3, 0.4) is 0 Å². The zero-order chi connectivity index (χ0) is 18.2. The number of hydrogen-bond acceptors (Lipinski definition) is 3. The Morgan fingerprint density at radius 2 is 1.64 bits per heavy atom. The van der Waals surface area contributed by atoms with Gasteiger partial charge in [-0.3, -0.25) is 9.59 Å². The Morgan fingerprint density at radius 1 is 1.04 bits per heavy atom. The summed E-state index contributed by atoms with van der Waals surface area (Å²) in [6, 6.07) is 13.2. The molecule has 25 heavy (non-hydrogen) atoms. The van der Waals surface area contributed by atoms with Crippen molar-refractivity contribution in [2.24, 2.45) is 0 Å². The Bertz CT molecular complexity index is 723. The Kier molecular flexibility index (Phi) is 7.46. The fourth-order valence-corrected chi connectivity index (χ4v) is 2.98. The van der Waals surface area contributed by atoms with E-state index in [0.29, 0.717) is 5.69 Å². The average Bonchev–Trinajstić information content (AvgIpc) is 2.57. The maximum absolute atomic E-state index is 12.8. The van der Waals surface area contributed by atoms with Gasteiger partial charge in [-0.15, -0.1) is 11.8 Å². The van der Waals surface area contributed by atoms with Gasteiger partial charge >= 0.3 is 0 Å². The maximum Gasteiger partial charge on any atom is 0.234 e. The van der Waals surface area contributed by atoms with Gasteiger partial charge in [0.05, 0.1) is 17.5 Å². The number of hydrogen-bond donors (Lipinski definition) is 2. The molecule has 2 aromatic carbocycles. The number of rotatable bonds is 7. The van der Waals surface area contributed by atoms with Crippen LogP contribution in [-0.2, 0) is 9.59 Å². The molecule has 1 unspecified atom stereocenters. The normalized spacial score (nSPS) is 11.6. The summed E-state index contributed by atoms with van der Waals surface area (Å²) in [5.74, 6) is -0.376. The van der Waals surface area contributed by atoms with E-state index in [4.69, 9.17) is 0 Å². The van der Waals surface area contributed by atoms with Crippen molar-refractivity contribution in [3.05, 3.63) is 64.4 Å². The minimum absolute atomic E-state index is 0.103. The lowest BCUT2D eigenvalue weighted by Gasteiger charge is -2.14. The van der Waals surface area contributed by atoms with Crippen molar-refractivity contribution in [2.45, 2.75) is 13.0 Å². The molecule has 0 fully saturated rings. The van der Waals surface area contributed by atoms with Crippen molar-refractivity contribution < 1.29 is 14.0 Å². The Balaban J connectivity index is 1.70. The number of anilines is 1. The van der Waals surface area contributed by atoms with Crippen LogP contribution in [0.2, 0.25) is 0 Å². The van der Waals surface area contributed by atoms with E-state index in [1.807, 2.05) is 31.2 Å². The van der Waals surface area contributed by atoms with E-state index in [1.54, 1.807) is 0 Å². The first-order valence-electron chi connectivity index (χ1n) is 7.62. The average molecular weight is 425 g/mol. The molecule has 2 N–H and O–H groups in total. The summed E-state index contributed by atoms with van der Waals surface area (Å²) in [6.07, 6.45) is 0. The number of thioether (sulfide) groups is 1. The van der Waals surface area contributed by atoms with Gasteiger partial charge in [-0.25, -0.2) is 4.39 Å². The van der Waals surface area contributed by atoms with Crippen molar-refractivity contribution in [2.75, 3.05) is 16.8 Å². The quantitative estimate of drug-likeness (QED) is 0.701. The molecule has 0 saturated heterocycles. The summed E-state index contributed by atoms with van der Waals surface area (Å²) in [6.45, 7) is 1.91. The van der Waals surface area contributed by atoms with Gasteiger partial charge in [0.2, 0.25) is 11.8 Å². The first kappa shape index (κ1) is 19.5. The summed E-state index contributed by atoms with van der Waals surface area (Å²) in [5, 5.41) is 5.55. The lowest BCUT2D eigenvalue weighted by atomic mass is 10.1. The number of carbonyl (C=O) groups excluding carboxylic acids is 2. The molecule has 2 rings (SSSR count). The molecule has 0 aliphatic rings. The van der Waals surface area contributed by atoms with Gasteiger partial charge < -0.3 is 10.6 Å². The zero-order valence-electron chi connectivity index (χ0n) is 13.6. The number of carbonyl (C=O) groups is 2. The van der Waals surface area contributed by atoms with Crippen molar-refractivity contribution in [1.29, 1.82) is 0 Å². The van der Waals surface area contributed by atoms with Crippen LogP contribution in [0.15, 0.2) is 53.0 Å². The Morgan fingerprint density at radius 3 is 2.28 bits per heavy atom. The van der Waals surface area contributed by atoms with Crippen LogP contribution in [0, 0.1) is 5.82 Å². The van der Waals surface area contributed by atoms with Gasteiger partial charge in [0.1, 0.15) is 5.82 Å². The Labute approximate surface area is 158 Å². The monoisotopic (exact) mass is 424 g/mol. The van der Waals surface area contributed by atoms with Crippen molar-refractivity contribution >= 4 is 45.2 Å². The predicted octanol–water partition coefficient (Wildman–Crippen LogP) is 4.14. The smallest absolute Gasteiger partial charge is 0.234 e. The highest BCUT2D eigenvalue weighted by Crippen LogP contribution is 2.16. The van der Waals surface area contributed by atoms with Crippen LogP contribution in [0.1, 0.15) is 18.5 Å². The number of benzene rings is 2. The van der Waals surface area contributed by atoms with E-state index in [2.05, 4.69) is 26.6 Å². The third-order valence-corrected chi connectivity index (χ3v) is 4.80. The minimum atomic E-state index is -0.357. The van der Waals surface area contributed by atoms with E-state index < -0.39 is 0 Å². The summed E-state index contributed by atoms with van der Waals surface area (Å²) < 4.78 is 13.8. The molecule has 0 aliphatic heterocycles. The highest BCUT2D eigenvalue weighted by molar-refractivity contribution is 9.10. The highest BCUT2D eigenvalue weighted by atomic mass is 79.9. The SMILES string of the molecule is CC(NC(=O)CSCC(=O)Nc1ccc(F)cc1)c1ccc(Br)cc1. The van der Waals surface area contributed by atoms with E-state index in [-0.39, 0.29) is 35.2 Å². The molecule has 7 heteroatoms. The summed E-state index contributed by atoms with van der Waals surface area (Å²) in [4.78, 5) is 23.7. The van der Waals surface area contributed by atoms with Gasteiger partial charge in [-0.2, -0.15) is 0 Å². The van der Waals surface area contributed by atoms with Gasteiger partial charge in [-0.05, 0) is 48.9 Å². The van der Waals surface area contributed by atoms with Crippen molar-refractivity contribution in [3.8, 4) is 0 Å². The molecule has 132 valence electrons. The molecule has 0 saturated carbocycles. The third-order valence-electron chi connectivity index (χ3n) is 3.34. The van der Waals surface area contributed by atoms with Crippen molar-refractivity contribution in [1.82, 2.24) is 5.32 Å². The first-order valence-corrected chi connectivity index (χ1v) is 9.57. The largest absolute Gasteiger partial charge is 0.349 e. The fourth-order valence-electron chi connectivity index (χ4n) is 2.08. The van der Waals surface area contributed by atoms with Gasteiger partial charge in [0.15, 0.2) is 0 Å². The molecule has 0 heterocycles. The predicted molar refractivity (Wildman–Crippen MR) is 103 cm³/mol. The van der Waals surface area contributed by atoms with E-state index in [0.717, 1.165) is 10.0 Å². The van der Waals surface area contributed by atoms with E-state index in [1.165, 1.54) is 36.0 Å². The van der Waals surface area contributed by atoms with Crippen molar-refractivity contribution in [3.63, 3.8) is 0 Å². The standard InChI is InChI=1S/C18H18BrFN2O2S/c1-12(13-2-4-14(19)5-3-13)21-17(23)10-25-11-18(24)22-16-8-6-15(20)7-9-16/h2-9,12H,10-11H2,1H3,(H,21,23)(H,22,24). The summed E-state index contributed by atoms with van der Waals surface area (Å²) in [5.41, 5.74) is 1.54. The first-order chi connectivity index (χ1) is 11.9. The zero-order valence-corrected chi connectivity index (χ0v) is 16.0. The molecular weight excluding hydrogens is 407 g/mol. The second kappa shape index (κ2) is 9.58. The lowest BCUT2D eigenvalue weighted by Crippen LogP contribution is -2.28. The van der Waals surface area contributed by atoms with Crippen LogP contribution in [-0.4, -0.2) is 23.3 Å². The van der Waals surface area contributed by atoms with Crippen LogP contribution >= 0.6 is 27.7 Å². The van der Waals surface area contributed by atoms with Crippen LogP contribution in [0.25, 0.3) is 0 Å². The van der Waals surface area contributed by atoms with Crippen LogP contribution in [0.4, 0.5) is 10.1 Å². The molecular formula is C18H18BrFN2O2S. The molecule has 0 aliphatic carbocycles. The molecule has 4 nitrogen and oxygen atoms in total. The molecule has 0 aromatic heterocycles. The Hall–Kier alpha value is -1.86. The van der Waals surface area contributed by atoms with E-state index in [9.17, 15) is 14.0 Å². The highest BCUT2D eigenvalue weighted by Gasteiger charge is 2.11. The molecule has 0 bridgehead atoms. The minimum Gasteiger partial charge on any atom is -0.349 e. The van der Waals surface area contributed by atoms with Crippen LogP contribution in [0.5, 0.6) is 0 Å². The van der Waals surface area contributed by atoms with Gasteiger partial charge in [-0.1, -0.05) is 28.1 Å². The lowest BCUT2D eigenvalue weighted by molar-refractivity contribution is -0.119. The topological polar surface area (TPSA) is 58.2 Å². The summed E-state index contributed by atoms with van der Waals surface area (Å²) in [7, 11) is 0. The number of nitrogens with one attached hydrogen (secondary N) is 2. The third kappa shape index (κ3) is 6.88. The number of halogens is 2. The fraction of sp³-hybridized carbons (Fsp3) is 0.222. The molecule has 2 amide bonds. The van der Waals surface area contributed by atoms with Gasteiger partial charge in [0, 0.05) is 10.2 Å². The number of amides is 2. The summed E-state index contributed by atoms with van der Waals surface area (Å²) >= 11 is 4.60. The van der Waals surface area contributed by atoms with Crippen LogP contribution < -0.4 is 10.6 Å². The molecule has 2 aromatic rings. The molecule has 0 radical (unpaired) electrons. The van der Waals surface area contributed by atoms with E-state index >= 15 is 0 Å². The molecule has 1 atom stereocenters. The second-order valence-corrected chi connectivity index (χ2v) is 7.29. The molecule has 0 spiro atoms.